The fourth-order valence-electron chi connectivity index (χ4n) is 1.73. The average Bonchev–Trinajstić information content (AvgIpc) is 2.36. The number of hydrogen-bond acceptors (Lipinski definition) is 3. The average molecular weight is 251 g/mol. The Balaban J connectivity index is 2.32. The molecule has 0 atom stereocenters. The first-order valence-corrected chi connectivity index (χ1v) is 6.64. The van der Waals surface area contributed by atoms with Crippen molar-refractivity contribution in [3.05, 3.63) is 35.4 Å². The van der Waals surface area contributed by atoms with Gasteiger partial charge in [-0.1, -0.05) is 24.3 Å². The second kappa shape index (κ2) is 9.09. The number of ether oxygens (including phenoxy) is 2. The first-order chi connectivity index (χ1) is 8.74. The molecule has 1 N–H and O–H groups in total. The van der Waals surface area contributed by atoms with Gasteiger partial charge in [-0.2, -0.15) is 0 Å². The van der Waals surface area contributed by atoms with Crippen molar-refractivity contribution >= 4 is 0 Å². The smallest absolute Gasteiger partial charge is 0.0720 e. The van der Waals surface area contributed by atoms with Crippen molar-refractivity contribution in [3.63, 3.8) is 0 Å². The summed E-state index contributed by atoms with van der Waals surface area (Å²) in [6.07, 6.45) is 1.31. The van der Waals surface area contributed by atoms with Crippen LogP contribution in [0.4, 0.5) is 0 Å². The summed E-state index contributed by atoms with van der Waals surface area (Å²) >= 11 is 0. The second-order valence-corrected chi connectivity index (χ2v) is 4.59. The molecule has 0 aliphatic carbocycles. The SMILES string of the molecule is CNCCc1ccccc1COCCOC(C)C. The third-order valence-electron chi connectivity index (χ3n) is 2.70. The third kappa shape index (κ3) is 6.15. The van der Waals surface area contributed by atoms with Crippen LogP contribution in [0.3, 0.4) is 0 Å². The van der Waals surface area contributed by atoms with Crippen LogP contribution in [0, 0.1) is 0 Å². The van der Waals surface area contributed by atoms with Gasteiger partial charge in [0, 0.05) is 0 Å². The molecule has 0 saturated heterocycles. The summed E-state index contributed by atoms with van der Waals surface area (Å²) in [5.41, 5.74) is 2.63. The Hall–Kier alpha value is -0.900. The van der Waals surface area contributed by atoms with Crippen LogP contribution in [-0.4, -0.2) is 32.9 Å². The van der Waals surface area contributed by atoms with E-state index in [2.05, 4.69) is 29.6 Å². The lowest BCUT2D eigenvalue weighted by atomic mass is 10.1. The molecule has 0 aliphatic heterocycles. The molecule has 0 fully saturated rings. The van der Waals surface area contributed by atoms with Crippen molar-refractivity contribution in [2.24, 2.45) is 0 Å². The Kier molecular flexibility index (Phi) is 7.65. The van der Waals surface area contributed by atoms with Gasteiger partial charge in [0.1, 0.15) is 0 Å². The first kappa shape index (κ1) is 15.2. The summed E-state index contributed by atoms with van der Waals surface area (Å²) in [7, 11) is 1.97. The highest BCUT2D eigenvalue weighted by atomic mass is 16.5. The lowest BCUT2D eigenvalue weighted by molar-refractivity contribution is 0.0141. The largest absolute Gasteiger partial charge is 0.376 e. The second-order valence-electron chi connectivity index (χ2n) is 4.59. The molecule has 3 nitrogen and oxygen atoms in total. The van der Waals surface area contributed by atoms with Gasteiger partial charge in [-0.25, -0.2) is 0 Å². The minimum atomic E-state index is 0.275. The predicted octanol–water partition coefficient (Wildman–Crippen LogP) is 2.39. The van der Waals surface area contributed by atoms with Crippen LogP contribution in [0.2, 0.25) is 0 Å². The van der Waals surface area contributed by atoms with Gasteiger partial charge in [0.25, 0.3) is 0 Å². The van der Waals surface area contributed by atoms with Gasteiger partial charge < -0.3 is 14.8 Å². The van der Waals surface area contributed by atoms with E-state index in [0.717, 1.165) is 13.0 Å². The van der Waals surface area contributed by atoms with Gasteiger partial charge in [-0.05, 0) is 45.0 Å². The molecule has 0 heterocycles. The van der Waals surface area contributed by atoms with E-state index in [1.54, 1.807) is 0 Å². The molecule has 0 aliphatic rings. The summed E-state index contributed by atoms with van der Waals surface area (Å²) in [5, 5.41) is 3.17. The lowest BCUT2D eigenvalue weighted by Crippen LogP contribution is -2.12. The quantitative estimate of drug-likeness (QED) is 0.684. The third-order valence-corrected chi connectivity index (χ3v) is 2.70. The zero-order chi connectivity index (χ0) is 13.2. The van der Waals surface area contributed by atoms with Gasteiger partial charge in [-0.3, -0.25) is 0 Å². The highest BCUT2D eigenvalue weighted by molar-refractivity contribution is 5.26. The highest BCUT2D eigenvalue weighted by Crippen LogP contribution is 2.10. The molecule has 0 spiro atoms. The summed E-state index contributed by atoms with van der Waals surface area (Å²) in [6, 6.07) is 8.44. The van der Waals surface area contributed by atoms with Gasteiger partial charge in [0.15, 0.2) is 0 Å². The molecule has 102 valence electrons. The van der Waals surface area contributed by atoms with E-state index in [1.165, 1.54) is 11.1 Å². The Labute approximate surface area is 110 Å². The van der Waals surface area contributed by atoms with Crippen LogP contribution < -0.4 is 5.32 Å². The molecule has 1 aromatic carbocycles. The number of likely N-dealkylation sites (N-methyl/N-ethyl adjacent to an activating group) is 1. The van der Waals surface area contributed by atoms with Crippen molar-refractivity contribution in [1.82, 2.24) is 5.32 Å². The number of nitrogens with one attached hydrogen (secondary N) is 1. The molecule has 18 heavy (non-hydrogen) atoms. The molecule has 0 saturated carbocycles. The molecule has 3 heteroatoms. The monoisotopic (exact) mass is 251 g/mol. The molecule has 0 amide bonds. The van der Waals surface area contributed by atoms with Gasteiger partial charge in [0.05, 0.1) is 25.9 Å². The summed E-state index contributed by atoms with van der Waals surface area (Å²) in [6.45, 7) is 7.05. The van der Waals surface area contributed by atoms with E-state index in [1.807, 2.05) is 20.9 Å². The Morgan fingerprint density at radius 1 is 1.11 bits per heavy atom. The molecule has 0 radical (unpaired) electrons. The Morgan fingerprint density at radius 3 is 2.50 bits per heavy atom. The van der Waals surface area contributed by atoms with Gasteiger partial charge in [0.2, 0.25) is 0 Å². The van der Waals surface area contributed by atoms with Crippen molar-refractivity contribution < 1.29 is 9.47 Å². The van der Waals surface area contributed by atoms with Crippen LogP contribution in [0.25, 0.3) is 0 Å². The Bertz CT molecular complexity index is 326. The zero-order valence-electron chi connectivity index (χ0n) is 11.7. The van der Waals surface area contributed by atoms with Gasteiger partial charge in [-0.15, -0.1) is 0 Å². The van der Waals surface area contributed by atoms with Crippen LogP contribution in [0.15, 0.2) is 24.3 Å². The summed E-state index contributed by atoms with van der Waals surface area (Å²) in [4.78, 5) is 0. The van der Waals surface area contributed by atoms with E-state index in [0.29, 0.717) is 19.8 Å². The normalized spacial score (nSPS) is 11.1. The van der Waals surface area contributed by atoms with Crippen LogP contribution in [-0.2, 0) is 22.5 Å². The standard InChI is InChI=1S/C15H25NO2/c1-13(2)18-11-10-17-12-15-7-5-4-6-14(15)8-9-16-3/h4-7,13,16H,8-12H2,1-3H3. The molecular weight excluding hydrogens is 226 g/mol. The number of hydrogen-bond donors (Lipinski definition) is 1. The minimum absolute atomic E-state index is 0.275. The number of rotatable bonds is 9. The summed E-state index contributed by atoms with van der Waals surface area (Å²) < 4.78 is 11.1. The van der Waals surface area contributed by atoms with Crippen molar-refractivity contribution in [2.75, 3.05) is 26.8 Å². The van der Waals surface area contributed by atoms with Crippen molar-refractivity contribution in [1.29, 1.82) is 0 Å². The van der Waals surface area contributed by atoms with E-state index in [9.17, 15) is 0 Å². The predicted molar refractivity (Wildman–Crippen MR) is 74.8 cm³/mol. The van der Waals surface area contributed by atoms with Crippen molar-refractivity contribution in [3.8, 4) is 0 Å². The zero-order valence-corrected chi connectivity index (χ0v) is 11.7. The van der Waals surface area contributed by atoms with Crippen LogP contribution >= 0.6 is 0 Å². The number of benzene rings is 1. The Morgan fingerprint density at radius 2 is 1.83 bits per heavy atom. The maximum absolute atomic E-state index is 5.65. The van der Waals surface area contributed by atoms with Crippen LogP contribution in [0.5, 0.6) is 0 Å². The van der Waals surface area contributed by atoms with E-state index < -0.39 is 0 Å². The minimum Gasteiger partial charge on any atom is -0.376 e. The molecule has 0 aromatic heterocycles. The van der Waals surface area contributed by atoms with E-state index >= 15 is 0 Å². The molecule has 0 bridgehead atoms. The molecule has 0 unspecified atom stereocenters. The first-order valence-electron chi connectivity index (χ1n) is 6.64. The fourth-order valence-corrected chi connectivity index (χ4v) is 1.73. The topological polar surface area (TPSA) is 30.5 Å². The van der Waals surface area contributed by atoms with E-state index in [-0.39, 0.29) is 6.10 Å². The maximum atomic E-state index is 5.65. The molecular formula is C15H25NO2. The van der Waals surface area contributed by atoms with Crippen molar-refractivity contribution in [2.45, 2.75) is 33.0 Å². The van der Waals surface area contributed by atoms with Gasteiger partial charge >= 0.3 is 0 Å². The highest BCUT2D eigenvalue weighted by Gasteiger charge is 2.01. The lowest BCUT2D eigenvalue weighted by Gasteiger charge is -2.11. The van der Waals surface area contributed by atoms with E-state index in [4.69, 9.17) is 9.47 Å². The molecule has 1 aromatic rings. The van der Waals surface area contributed by atoms with Crippen LogP contribution in [0.1, 0.15) is 25.0 Å². The summed E-state index contributed by atoms with van der Waals surface area (Å²) in [5.74, 6) is 0. The fraction of sp³-hybridized carbons (Fsp3) is 0.600. The maximum Gasteiger partial charge on any atom is 0.0720 e. The molecule has 1 rings (SSSR count).